The molecule has 6 heteroatoms. The maximum atomic E-state index is 12.5. The maximum Gasteiger partial charge on any atom is 0.222 e. The van der Waals surface area contributed by atoms with Crippen LogP contribution in [0.5, 0.6) is 0 Å². The van der Waals surface area contributed by atoms with Crippen molar-refractivity contribution in [1.29, 1.82) is 0 Å². The van der Waals surface area contributed by atoms with Crippen LogP contribution in [0.4, 0.5) is 5.82 Å². The highest BCUT2D eigenvalue weighted by molar-refractivity contribution is 7.19. The van der Waals surface area contributed by atoms with Gasteiger partial charge in [0.15, 0.2) is 0 Å². The summed E-state index contributed by atoms with van der Waals surface area (Å²) in [5.74, 6) is 3.82. The third-order valence-corrected chi connectivity index (χ3v) is 7.33. The summed E-state index contributed by atoms with van der Waals surface area (Å²) in [7, 11) is 0. The van der Waals surface area contributed by atoms with Crippen molar-refractivity contribution in [2.24, 2.45) is 11.8 Å². The molecule has 1 amide bonds. The first-order chi connectivity index (χ1) is 13.8. The van der Waals surface area contributed by atoms with Crippen LogP contribution in [-0.4, -0.2) is 47.0 Å². The molecule has 0 bridgehead atoms. The number of amides is 1. The van der Waals surface area contributed by atoms with Gasteiger partial charge in [-0.05, 0) is 36.7 Å². The molecule has 0 spiro atoms. The summed E-state index contributed by atoms with van der Waals surface area (Å²) in [5.41, 5.74) is 1.49. The van der Waals surface area contributed by atoms with Crippen LogP contribution >= 0.6 is 11.3 Å². The molecular weight excluding hydrogens is 380 g/mol. The Kier molecular flexibility index (Phi) is 5.83. The lowest BCUT2D eigenvalue weighted by Gasteiger charge is -2.36. The predicted molar refractivity (Wildman–Crippen MR) is 121 cm³/mol. The molecule has 1 saturated heterocycles. The van der Waals surface area contributed by atoms with Gasteiger partial charge >= 0.3 is 0 Å². The van der Waals surface area contributed by atoms with Gasteiger partial charge in [-0.2, -0.15) is 0 Å². The van der Waals surface area contributed by atoms with Crippen molar-refractivity contribution < 1.29 is 4.79 Å². The molecule has 158 valence electrons. The Balaban J connectivity index is 1.65. The van der Waals surface area contributed by atoms with Crippen LogP contribution in [-0.2, 0) is 17.6 Å². The highest BCUT2D eigenvalue weighted by Gasteiger charge is 2.29. The van der Waals surface area contributed by atoms with Crippen LogP contribution < -0.4 is 4.90 Å². The predicted octanol–water partition coefficient (Wildman–Crippen LogP) is 4.63. The minimum atomic E-state index is 0.289. The molecule has 2 aromatic rings. The Labute approximate surface area is 178 Å². The van der Waals surface area contributed by atoms with E-state index in [9.17, 15) is 4.79 Å². The number of carbonyl (C=O) groups excluding carboxylic acids is 1. The van der Waals surface area contributed by atoms with Crippen LogP contribution in [0.15, 0.2) is 0 Å². The third kappa shape index (κ3) is 4.14. The molecule has 0 radical (unpaired) electrons. The van der Waals surface area contributed by atoms with E-state index in [1.807, 2.05) is 16.2 Å². The largest absolute Gasteiger partial charge is 0.352 e. The lowest BCUT2D eigenvalue weighted by Crippen LogP contribution is -2.49. The molecule has 1 atom stereocenters. The van der Waals surface area contributed by atoms with Crippen LogP contribution in [0.1, 0.15) is 69.6 Å². The van der Waals surface area contributed by atoms with Crippen molar-refractivity contribution in [2.75, 3.05) is 31.1 Å². The standard InChI is InChI=1S/C23H34N4OS/c1-14(2)12-19(28)26-8-10-27(11-9-26)22-20-17-7-6-16(5)13-18(17)29-23(20)25-21(24-22)15(3)4/h14-16H,6-13H2,1-5H3/t16-/m1/s1. The topological polar surface area (TPSA) is 49.3 Å². The molecule has 0 N–H and O–H groups in total. The van der Waals surface area contributed by atoms with E-state index in [0.717, 1.165) is 55.0 Å². The smallest absolute Gasteiger partial charge is 0.222 e. The Morgan fingerprint density at radius 2 is 1.86 bits per heavy atom. The van der Waals surface area contributed by atoms with Crippen molar-refractivity contribution in [3.8, 4) is 0 Å². The number of carbonyl (C=O) groups is 1. The number of piperazine rings is 1. The van der Waals surface area contributed by atoms with Gasteiger partial charge in [-0.15, -0.1) is 11.3 Å². The first kappa shape index (κ1) is 20.6. The van der Waals surface area contributed by atoms with Crippen LogP contribution in [0.3, 0.4) is 0 Å². The average Bonchev–Trinajstić information content (AvgIpc) is 3.04. The summed E-state index contributed by atoms with van der Waals surface area (Å²) in [6.07, 6.45) is 4.21. The van der Waals surface area contributed by atoms with Gasteiger partial charge in [0.25, 0.3) is 0 Å². The van der Waals surface area contributed by atoms with E-state index in [1.165, 1.54) is 28.7 Å². The van der Waals surface area contributed by atoms with Gasteiger partial charge in [-0.1, -0.05) is 34.6 Å². The van der Waals surface area contributed by atoms with Crippen LogP contribution in [0.2, 0.25) is 0 Å². The van der Waals surface area contributed by atoms with Gasteiger partial charge in [0, 0.05) is 43.4 Å². The number of fused-ring (bicyclic) bond motifs is 3. The van der Waals surface area contributed by atoms with Crippen molar-refractivity contribution in [1.82, 2.24) is 14.9 Å². The zero-order valence-corrected chi connectivity index (χ0v) is 19.3. The molecule has 3 heterocycles. The lowest BCUT2D eigenvalue weighted by molar-refractivity contribution is -0.132. The molecule has 5 nitrogen and oxygen atoms in total. The fourth-order valence-corrected chi connectivity index (χ4v) is 5.86. The molecule has 1 aliphatic heterocycles. The SMILES string of the molecule is CC(C)CC(=O)N1CCN(c2nc(C(C)C)nc3sc4c(c23)CC[C@@H](C)C4)CC1. The van der Waals surface area contributed by atoms with E-state index in [4.69, 9.17) is 9.97 Å². The van der Waals surface area contributed by atoms with E-state index in [0.29, 0.717) is 18.3 Å². The lowest BCUT2D eigenvalue weighted by atomic mass is 9.89. The summed E-state index contributed by atoms with van der Waals surface area (Å²) < 4.78 is 0. The highest BCUT2D eigenvalue weighted by Crippen LogP contribution is 2.41. The molecular formula is C23H34N4OS. The quantitative estimate of drug-likeness (QED) is 0.732. The number of aryl methyl sites for hydroxylation is 1. The second kappa shape index (κ2) is 8.21. The van der Waals surface area contributed by atoms with Crippen molar-refractivity contribution >= 4 is 33.3 Å². The fourth-order valence-electron chi connectivity index (χ4n) is 4.47. The molecule has 29 heavy (non-hydrogen) atoms. The van der Waals surface area contributed by atoms with E-state index in [2.05, 4.69) is 39.5 Å². The molecule has 0 saturated carbocycles. The third-order valence-electron chi connectivity index (χ3n) is 6.18. The molecule has 0 aromatic carbocycles. The molecule has 1 aliphatic carbocycles. The molecule has 0 unspecified atom stereocenters. The molecule has 1 fully saturated rings. The van der Waals surface area contributed by atoms with E-state index in [1.54, 1.807) is 0 Å². The Morgan fingerprint density at radius 1 is 1.14 bits per heavy atom. The van der Waals surface area contributed by atoms with E-state index >= 15 is 0 Å². The van der Waals surface area contributed by atoms with E-state index < -0.39 is 0 Å². The average molecular weight is 415 g/mol. The zero-order chi connectivity index (χ0) is 20.7. The number of aromatic nitrogens is 2. The normalized spacial score (nSPS) is 20.0. The number of nitrogens with zero attached hydrogens (tertiary/aromatic N) is 4. The first-order valence-electron chi connectivity index (χ1n) is 11.2. The first-order valence-corrected chi connectivity index (χ1v) is 12.0. The van der Waals surface area contributed by atoms with Crippen molar-refractivity contribution in [2.45, 2.75) is 66.2 Å². The van der Waals surface area contributed by atoms with Crippen molar-refractivity contribution in [3.05, 3.63) is 16.3 Å². The number of thiophene rings is 1. The number of hydrogen-bond acceptors (Lipinski definition) is 5. The summed E-state index contributed by atoms with van der Waals surface area (Å²) in [6, 6.07) is 0. The monoisotopic (exact) mass is 414 g/mol. The minimum absolute atomic E-state index is 0.289. The van der Waals surface area contributed by atoms with Gasteiger partial charge in [-0.3, -0.25) is 4.79 Å². The second-order valence-corrected chi connectivity index (χ2v) is 10.6. The summed E-state index contributed by atoms with van der Waals surface area (Å²) in [5, 5.41) is 1.29. The summed E-state index contributed by atoms with van der Waals surface area (Å²) in [6.45, 7) is 14.2. The van der Waals surface area contributed by atoms with Gasteiger partial charge in [-0.25, -0.2) is 9.97 Å². The number of hydrogen-bond donors (Lipinski definition) is 0. The minimum Gasteiger partial charge on any atom is -0.352 e. The fraction of sp³-hybridized carbons (Fsp3) is 0.696. The second-order valence-electron chi connectivity index (χ2n) is 9.56. The van der Waals surface area contributed by atoms with Gasteiger partial charge in [0.1, 0.15) is 16.5 Å². The number of anilines is 1. The van der Waals surface area contributed by atoms with Gasteiger partial charge in [0.2, 0.25) is 5.91 Å². The van der Waals surface area contributed by atoms with Crippen LogP contribution in [0.25, 0.3) is 10.2 Å². The maximum absolute atomic E-state index is 12.5. The van der Waals surface area contributed by atoms with Gasteiger partial charge < -0.3 is 9.80 Å². The molecule has 4 rings (SSSR count). The summed E-state index contributed by atoms with van der Waals surface area (Å²) in [4.78, 5) is 29.6. The van der Waals surface area contributed by atoms with Crippen molar-refractivity contribution in [3.63, 3.8) is 0 Å². The Bertz CT molecular complexity index is 896. The van der Waals surface area contributed by atoms with E-state index in [-0.39, 0.29) is 5.91 Å². The van der Waals surface area contributed by atoms with Gasteiger partial charge in [0.05, 0.1) is 5.39 Å². The summed E-state index contributed by atoms with van der Waals surface area (Å²) >= 11 is 1.88. The number of rotatable bonds is 4. The highest BCUT2D eigenvalue weighted by atomic mass is 32.1. The Hall–Kier alpha value is -1.69. The molecule has 2 aliphatic rings. The Morgan fingerprint density at radius 3 is 2.52 bits per heavy atom. The molecule has 2 aromatic heterocycles. The van der Waals surface area contributed by atoms with Crippen LogP contribution in [0, 0.1) is 11.8 Å². The zero-order valence-electron chi connectivity index (χ0n) is 18.5.